The number of nitrogens with zero attached hydrogens (tertiary/aromatic N) is 1. The number of pyridine rings is 1. The van der Waals surface area contributed by atoms with Crippen LogP contribution < -0.4 is 0 Å². The van der Waals surface area contributed by atoms with Gasteiger partial charge in [0.1, 0.15) is 6.10 Å². The van der Waals surface area contributed by atoms with Crippen LogP contribution in [-0.4, -0.2) is 10.1 Å². The number of hydrogen-bond acceptors (Lipinski definition) is 3. The molecule has 0 aliphatic rings. The van der Waals surface area contributed by atoms with Gasteiger partial charge in [-0.05, 0) is 35.2 Å². The van der Waals surface area contributed by atoms with Crippen LogP contribution in [0.15, 0.2) is 48.0 Å². The topological polar surface area (TPSA) is 33.1 Å². The average molecular weight is 276 g/mol. The number of aliphatic hydroxyl groups excluding tert-OH is 1. The lowest BCUT2D eigenvalue weighted by atomic mass is 10.1. The summed E-state index contributed by atoms with van der Waals surface area (Å²) in [7, 11) is 0. The van der Waals surface area contributed by atoms with Crippen LogP contribution in [0.4, 0.5) is 0 Å². The van der Waals surface area contributed by atoms with Crippen LogP contribution in [0.5, 0.6) is 0 Å². The fraction of sp³-hybridized carbons (Fsp3) is 0.0714. The summed E-state index contributed by atoms with van der Waals surface area (Å²) in [6.07, 6.45) is 1.08. The summed E-state index contributed by atoms with van der Waals surface area (Å²) in [4.78, 5) is 5.03. The first-order valence-electron chi connectivity index (χ1n) is 5.51. The van der Waals surface area contributed by atoms with Crippen molar-refractivity contribution in [3.05, 3.63) is 63.4 Å². The molecular formula is C14H10ClNOS. The molecule has 1 atom stereocenters. The molecule has 0 radical (unpaired) electrons. The Morgan fingerprint density at radius 1 is 1.22 bits per heavy atom. The van der Waals surface area contributed by atoms with E-state index in [2.05, 4.69) is 4.98 Å². The van der Waals surface area contributed by atoms with Crippen LogP contribution in [0.3, 0.4) is 0 Å². The molecule has 1 unspecified atom stereocenters. The van der Waals surface area contributed by atoms with Gasteiger partial charge in [-0.15, -0.1) is 11.3 Å². The van der Waals surface area contributed by atoms with Crippen molar-refractivity contribution >= 4 is 33.8 Å². The predicted molar refractivity (Wildman–Crippen MR) is 75.1 cm³/mol. The highest BCUT2D eigenvalue weighted by atomic mass is 35.5. The lowest BCUT2D eigenvalue weighted by Crippen LogP contribution is -1.97. The van der Waals surface area contributed by atoms with E-state index in [9.17, 15) is 5.11 Å². The highest BCUT2D eigenvalue weighted by Crippen LogP contribution is 2.33. The number of benzene rings is 1. The molecule has 2 aromatic heterocycles. The van der Waals surface area contributed by atoms with Crippen molar-refractivity contribution in [2.24, 2.45) is 0 Å². The molecule has 18 heavy (non-hydrogen) atoms. The predicted octanol–water partition coefficient (Wildman–Crippen LogP) is 4.03. The van der Waals surface area contributed by atoms with E-state index in [0.29, 0.717) is 5.02 Å². The monoisotopic (exact) mass is 275 g/mol. The lowest BCUT2D eigenvalue weighted by molar-refractivity contribution is 0.224. The van der Waals surface area contributed by atoms with Crippen LogP contribution >= 0.6 is 22.9 Å². The minimum atomic E-state index is -0.679. The molecular weight excluding hydrogens is 266 g/mol. The van der Waals surface area contributed by atoms with E-state index in [1.165, 1.54) is 11.3 Å². The Morgan fingerprint density at radius 2 is 2.11 bits per heavy atom. The average Bonchev–Trinajstić information content (AvgIpc) is 2.83. The Morgan fingerprint density at radius 3 is 2.89 bits per heavy atom. The fourth-order valence-corrected chi connectivity index (χ4v) is 3.09. The first-order valence-corrected chi connectivity index (χ1v) is 6.77. The second-order valence-corrected chi connectivity index (χ2v) is 5.35. The van der Waals surface area contributed by atoms with Gasteiger partial charge >= 0.3 is 0 Å². The van der Waals surface area contributed by atoms with Crippen LogP contribution in [0.2, 0.25) is 5.02 Å². The molecule has 2 nitrogen and oxygen atoms in total. The molecule has 0 spiro atoms. The van der Waals surface area contributed by atoms with Crippen molar-refractivity contribution in [1.82, 2.24) is 4.98 Å². The molecule has 0 amide bonds. The van der Waals surface area contributed by atoms with Crippen molar-refractivity contribution in [2.75, 3.05) is 0 Å². The van der Waals surface area contributed by atoms with Crippen molar-refractivity contribution in [1.29, 1.82) is 0 Å². The minimum Gasteiger partial charge on any atom is -0.383 e. The third-order valence-corrected chi connectivity index (χ3v) is 4.25. The molecule has 0 saturated carbocycles. The van der Waals surface area contributed by atoms with Crippen molar-refractivity contribution in [3.8, 4) is 0 Å². The van der Waals surface area contributed by atoms with Crippen molar-refractivity contribution in [2.45, 2.75) is 6.10 Å². The maximum Gasteiger partial charge on any atom is 0.115 e. The highest BCUT2D eigenvalue weighted by Gasteiger charge is 2.15. The number of halogens is 1. The smallest absolute Gasteiger partial charge is 0.115 e. The van der Waals surface area contributed by atoms with Gasteiger partial charge in [-0.3, -0.25) is 4.98 Å². The quantitative estimate of drug-likeness (QED) is 0.766. The number of fused-ring (bicyclic) bond motifs is 1. The second kappa shape index (κ2) is 4.69. The van der Waals surface area contributed by atoms with Gasteiger partial charge in [-0.25, -0.2) is 0 Å². The van der Waals surface area contributed by atoms with E-state index in [1.807, 2.05) is 35.7 Å². The zero-order chi connectivity index (χ0) is 12.5. The zero-order valence-corrected chi connectivity index (χ0v) is 10.9. The molecule has 1 aromatic carbocycles. The van der Waals surface area contributed by atoms with Gasteiger partial charge in [-0.1, -0.05) is 23.7 Å². The van der Waals surface area contributed by atoms with E-state index < -0.39 is 6.10 Å². The zero-order valence-electron chi connectivity index (χ0n) is 9.38. The number of aliphatic hydroxyl groups is 1. The summed E-state index contributed by atoms with van der Waals surface area (Å²) in [5, 5.41) is 13.8. The van der Waals surface area contributed by atoms with Crippen LogP contribution in [-0.2, 0) is 0 Å². The molecule has 1 N–H and O–H groups in total. The highest BCUT2D eigenvalue weighted by molar-refractivity contribution is 7.10. The molecule has 0 fully saturated rings. The standard InChI is InChI=1S/C14H10ClNOS/c15-11-5-7-18-14(11)13(17)10-3-4-12-9(8-10)2-1-6-16-12/h1-8,13,17H. The molecule has 0 saturated heterocycles. The summed E-state index contributed by atoms with van der Waals surface area (Å²) in [6, 6.07) is 11.4. The lowest BCUT2D eigenvalue weighted by Gasteiger charge is -2.10. The van der Waals surface area contributed by atoms with Gasteiger partial charge in [0.15, 0.2) is 0 Å². The minimum absolute atomic E-state index is 0.610. The maximum absolute atomic E-state index is 10.3. The normalized spacial score (nSPS) is 12.8. The van der Waals surface area contributed by atoms with E-state index in [-0.39, 0.29) is 0 Å². The van der Waals surface area contributed by atoms with Gasteiger partial charge in [0.2, 0.25) is 0 Å². The van der Waals surface area contributed by atoms with E-state index in [1.54, 1.807) is 12.3 Å². The van der Waals surface area contributed by atoms with Gasteiger partial charge in [-0.2, -0.15) is 0 Å². The first-order chi connectivity index (χ1) is 8.75. The second-order valence-electron chi connectivity index (χ2n) is 3.99. The number of hydrogen-bond donors (Lipinski definition) is 1. The summed E-state index contributed by atoms with van der Waals surface area (Å²) < 4.78 is 0. The third-order valence-electron chi connectivity index (χ3n) is 2.84. The summed E-state index contributed by atoms with van der Waals surface area (Å²) in [5.41, 5.74) is 1.76. The Labute approximate surface area is 113 Å². The molecule has 90 valence electrons. The van der Waals surface area contributed by atoms with Crippen molar-refractivity contribution < 1.29 is 5.11 Å². The van der Waals surface area contributed by atoms with E-state index in [4.69, 9.17) is 11.6 Å². The SMILES string of the molecule is OC(c1ccc2ncccc2c1)c1sccc1Cl. The molecule has 2 heterocycles. The maximum atomic E-state index is 10.3. The van der Waals surface area contributed by atoms with Gasteiger partial charge in [0, 0.05) is 11.6 Å². The molecule has 4 heteroatoms. The summed E-state index contributed by atoms with van der Waals surface area (Å²) >= 11 is 7.50. The third kappa shape index (κ3) is 2.01. The first kappa shape index (κ1) is 11.7. The molecule has 0 bridgehead atoms. The van der Waals surface area contributed by atoms with Crippen LogP contribution in [0.1, 0.15) is 16.5 Å². The van der Waals surface area contributed by atoms with E-state index in [0.717, 1.165) is 21.3 Å². The van der Waals surface area contributed by atoms with Gasteiger partial charge < -0.3 is 5.11 Å². The molecule has 3 aromatic rings. The van der Waals surface area contributed by atoms with Crippen molar-refractivity contribution in [3.63, 3.8) is 0 Å². The number of rotatable bonds is 2. The Hall–Kier alpha value is -1.42. The molecule has 0 aliphatic heterocycles. The Bertz CT molecular complexity index is 695. The number of thiophene rings is 1. The molecule has 3 rings (SSSR count). The van der Waals surface area contributed by atoms with Gasteiger partial charge in [0.25, 0.3) is 0 Å². The number of aromatic nitrogens is 1. The van der Waals surface area contributed by atoms with E-state index >= 15 is 0 Å². The molecule has 0 aliphatic carbocycles. The summed E-state index contributed by atoms with van der Waals surface area (Å²) in [6.45, 7) is 0. The van der Waals surface area contributed by atoms with Crippen LogP contribution in [0, 0.1) is 0 Å². The fourth-order valence-electron chi connectivity index (χ4n) is 1.92. The van der Waals surface area contributed by atoms with Crippen LogP contribution in [0.25, 0.3) is 10.9 Å². The Kier molecular flexibility index (Phi) is 3.04. The summed E-state index contributed by atoms with van der Waals surface area (Å²) in [5.74, 6) is 0. The Balaban J connectivity index is 2.07. The largest absolute Gasteiger partial charge is 0.383 e. The van der Waals surface area contributed by atoms with Gasteiger partial charge in [0.05, 0.1) is 15.4 Å².